The Bertz CT molecular complexity index is 874. The Labute approximate surface area is 152 Å². The molecule has 1 amide bonds. The van der Waals surface area contributed by atoms with Crippen molar-refractivity contribution in [1.29, 1.82) is 5.26 Å². The smallest absolute Gasteiger partial charge is 0.254 e. The summed E-state index contributed by atoms with van der Waals surface area (Å²) in [4.78, 5) is 13.3. The number of nitriles is 1. The Hall–Kier alpha value is -3.58. The first-order chi connectivity index (χ1) is 12.7. The Balaban J connectivity index is 2.05. The zero-order chi connectivity index (χ0) is 18.4. The zero-order valence-electron chi connectivity index (χ0n) is 14.3. The average Bonchev–Trinajstić information content (AvgIpc) is 2.71. The number of methoxy groups -OCH3 is 1. The molecule has 0 aliphatic carbocycles. The van der Waals surface area contributed by atoms with Crippen LogP contribution in [0.2, 0.25) is 0 Å². The minimum Gasteiger partial charge on any atom is -0.497 e. The number of nitrogens with zero attached hydrogens (tertiary/aromatic N) is 1. The second kappa shape index (κ2) is 7.54. The lowest BCUT2D eigenvalue weighted by atomic mass is 9.75. The van der Waals surface area contributed by atoms with Crippen molar-refractivity contribution in [3.8, 4) is 11.8 Å². The summed E-state index contributed by atoms with van der Waals surface area (Å²) >= 11 is 0. The van der Waals surface area contributed by atoms with Crippen molar-refractivity contribution in [2.24, 2.45) is 0 Å². The molecule has 4 heteroatoms. The van der Waals surface area contributed by atoms with Gasteiger partial charge in [-0.25, -0.2) is 0 Å². The van der Waals surface area contributed by atoms with Crippen molar-refractivity contribution >= 4 is 11.6 Å². The molecule has 0 aliphatic heterocycles. The highest BCUT2D eigenvalue weighted by Crippen LogP contribution is 2.33. The van der Waals surface area contributed by atoms with E-state index in [0.29, 0.717) is 22.6 Å². The van der Waals surface area contributed by atoms with E-state index < -0.39 is 11.3 Å². The van der Waals surface area contributed by atoms with Crippen LogP contribution in [0.15, 0.2) is 84.9 Å². The molecule has 1 N–H and O–H groups in total. The van der Waals surface area contributed by atoms with Crippen LogP contribution in [-0.4, -0.2) is 13.0 Å². The van der Waals surface area contributed by atoms with E-state index in [1.165, 1.54) is 0 Å². The lowest BCUT2D eigenvalue weighted by Crippen LogP contribution is -2.40. The first kappa shape index (κ1) is 17.2. The second-order valence-corrected chi connectivity index (χ2v) is 5.78. The molecule has 0 radical (unpaired) electrons. The van der Waals surface area contributed by atoms with Crippen LogP contribution in [-0.2, 0) is 10.2 Å². The summed E-state index contributed by atoms with van der Waals surface area (Å²) in [5.41, 5.74) is 0.407. The number of nitrogens with one attached hydrogen (secondary N) is 1. The predicted molar refractivity (Wildman–Crippen MR) is 101 cm³/mol. The van der Waals surface area contributed by atoms with Crippen LogP contribution >= 0.6 is 0 Å². The quantitative estimate of drug-likeness (QED) is 0.758. The van der Waals surface area contributed by atoms with Gasteiger partial charge in [-0.05, 0) is 35.4 Å². The second-order valence-electron chi connectivity index (χ2n) is 5.78. The third-order valence-corrected chi connectivity index (χ3v) is 4.27. The van der Waals surface area contributed by atoms with E-state index in [1.54, 1.807) is 55.6 Å². The van der Waals surface area contributed by atoms with Gasteiger partial charge in [-0.3, -0.25) is 4.79 Å². The summed E-state index contributed by atoms with van der Waals surface area (Å²) in [6.45, 7) is 0. The average molecular weight is 342 g/mol. The molecular formula is C22H18N2O2. The van der Waals surface area contributed by atoms with Gasteiger partial charge in [-0.15, -0.1) is 0 Å². The molecule has 3 aromatic rings. The number of amides is 1. The summed E-state index contributed by atoms with van der Waals surface area (Å²) in [7, 11) is 1.58. The standard InChI is InChI=1S/C22H18N2O2/c1-26-20-14-12-19(13-15-20)24-21(25)22(16-23,17-8-4-2-5-9-17)18-10-6-3-7-11-18/h2-15H,1H3,(H,24,25). The van der Waals surface area contributed by atoms with Crippen LogP contribution < -0.4 is 10.1 Å². The highest BCUT2D eigenvalue weighted by molar-refractivity contribution is 6.04. The first-order valence-electron chi connectivity index (χ1n) is 8.18. The lowest BCUT2D eigenvalue weighted by molar-refractivity contribution is -0.118. The van der Waals surface area contributed by atoms with Gasteiger partial charge in [0, 0.05) is 5.69 Å². The van der Waals surface area contributed by atoms with Crippen LogP contribution in [0, 0.1) is 11.3 Å². The minimum absolute atomic E-state index is 0.400. The fraction of sp³-hybridized carbons (Fsp3) is 0.0909. The number of hydrogen-bond acceptors (Lipinski definition) is 3. The lowest BCUT2D eigenvalue weighted by Gasteiger charge is -2.26. The van der Waals surface area contributed by atoms with Crippen molar-refractivity contribution in [2.75, 3.05) is 12.4 Å². The number of carbonyl (C=O) groups is 1. The van der Waals surface area contributed by atoms with Crippen LogP contribution in [0.5, 0.6) is 5.75 Å². The fourth-order valence-corrected chi connectivity index (χ4v) is 2.88. The first-order valence-corrected chi connectivity index (χ1v) is 8.18. The van der Waals surface area contributed by atoms with Gasteiger partial charge in [-0.2, -0.15) is 5.26 Å². The minimum atomic E-state index is -1.44. The van der Waals surface area contributed by atoms with Gasteiger partial charge in [0.25, 0.3) is 5.91 Å². The van der Waals surface area contributed by atoms with Gasteiger partial charge in [0.2, 0.25) is 0 Å². The Morgan fingerprint density at radius 3 is 1.81 bits per heavy atom. The van der Waals surface area contributed by atoms with Gasteiger partial charge in [-0.1, -0.05) is 60.7 Å². The van der Waals surface area contributed by atoms with Gasteiger partial charge >= 0.3 is 0 Å². The van der Waals surface area contributed by atoms with Crippen molar-refractivity contribution in [3.05, 3.63) is 96.1 Å². The predicted octanol–water partition coefficient (Wildman–Crippen LogP) is 4.14. The van der Waals surface area contributed by atoms with Gasteiger partial charge < -0.3 is 10.1 Å². The molecule has 0 saturated heterocycles. The number of ether oxygens (including phenoxy) is 1. The zero-order valence-corrected chi connectivity index (χ0v) is 14.3. The number of anilines is 1. The van der Waals surface area contributed by atoms with Crippen LogP contribution in [0.4, 0.5) is 5.69 Å². The van der Waals surface area contributed by atoms with Gasteiger partial charge in [0.1, 0.15) is 5.75 Å². The maximum atomic E-state index is 13.3. The molecular weight excluding hydrogens is 324 g/mol. The van der Waals surface area contributed by atoms with Gasteiger partial charge in [0.05, 0.1) is 13.2 Å². The SMILES string of the molecule is COc1ccc(NC(=O)C(C#N)(c2ccccc2)c2ccccc2)cc1. The maximum absolute atomic E-state index is 13.3. The van der Waals surface area contributed by atoms with Crippen molar-refractivity contribution in [3.63, 3.8) is 0 Å². The molecule has 0 aromatic heterocycles. The third kappa shape index (κ3) is 3.15. The van der Waals surface area contributed by atoms with E-state index in [2.05, 4.69) is 11.4 Å². The fourth-order valence-electron chi connectivity index (χ4n) is 2.88. The molecule has 0 aliphatic rings. The number of hydrogen-bond donors (Lipinski definition) is 1. The van der Waals surface area contributed by atoms with E-state index in [0.717, 1.165) is 0 Å². The Morgan fingerprint density at radius 1 is 0.885 bits per heavy atom. The molecule has 0 unspecified atom stereocenters. The number of carbonyl (C=O) groups excluding carboxylic acids is 1. The molecule has 0 saturated carbocycles. The summed E-state index contributed by atoms with van der Waals surface area (Å²) in [5.74, 6) is 0.295. The van der Waals surface area contributed by atoms with Crippen LogP contribution in [0.25, 0.3) is 0 Å². The molecule has 128 valence electrons. The van der Waals surface area contributed by atoms with E-state index in [1.807, 2.05) is 36.4 Å². The summed E-state index contributed by atoms with van der Waals surface area (Å²) in [5, 5.41) is 12.9. The highest BCUT2D eigenvalue weighted by Gasteiger charge is 2.42. The molecule has 0 atom stereocenters. The summed E-state index contributed by atoms with van der Waals surface area (Å²) < 4.78 is 5.14. The number of benzene rings is 3. The molecule has 0 heterocycles. The van der Waals surface area contributed by atoms with E-state index in [-0.39, 0.29) is 0 Å². The largest absolute Gasteiger partial charge is 0.497 e. The van der Waals surface area contributed by atoms with Crippen LogP contribution in [0.3, 0.4) is 0 Å². The Morgan fingerprint density at radius 2 is 1.38 bits per heavy atom. The van der Waals surface area contributed by atoms with Crippen molar-refractivity contribution < 1.29 is 9.53 Å². The van der Waals surface area contributed by atoms with E-state index in [4.69, 9.17) is 4.74 Å². The molecule has 4 nitrogen and oxygen atoms in total. The molecule has 3 aromatic carbocycles. The summed E-state index contributed by atoms with van der Waals surface area (Å²) in [6.07, 6.45) is 0. The molecule has 0 bridgehead atoms. The van der Waals surface area contributed by atoms with E-state index >= 15 is 0 Å². The monoisotopic (exact) mass is 342 g/mol. The van der Waals surface area contributed by atoms with Crippen molar-refractivity contribution in [2.45, 2.75) is 5.41 Å². The highest BCUT2D eigenvalue weighted by atomic mass is 16.5. The molecule has 0 spiro atoms. The summed E-state index contributed by atoms with van der Waals surface area (Å²) in [6, 6.07) is 27.5. The van der Waals surface area contributed by atoms with Crippen LogP contribution in [0.1, 0.15) is 11.1 Å². The number of rotatable bonds is 5. The van der Waals surface area contributed by atoms with Crippen molar-refractivity contribution in [1.82, 2.24) is 0 Å². The molecule has 0 fully saturated rings. The topological polar surface area (TPSA) is 62.1 Å². The van der Waals surface area contributed by atoms with E-state index in [9.17, 15) is 10.1 Å². The normalized spacial score (nSPS) is 10.6. The molecule has 26 heavy (non-hydrogen) atoms. The third-order valence-electron chi connectivity index (χ3n) is 4.27. The Kier molecular flexibility index (Phi) is 5.00. The maximum Gasteiger partial charge on any atom is 0.254 e. The molecule has 3 rings (SSSR count). The van der Waals surface area contributed by atoms with Gasteiger partial charge in [0.15, 0.2) is 5.41 Å².